The van der Waals surface area contributed by atoms with Crippen molar-refractivity contribution in [1.82, 2.24) is 10.2 Å². The Balaban J connectivity index is 1.44. The maximum atomic E-state index is 13.9. The zero-order valence-corrected chi connectivity index (χ0v) is 20.5. The predicted octanol–water partition coefficient (Wildman–Crippen LogP) is 5.92. The highest BCUT2D eigenvalue weighted by molar-refractivity contribution is 5.94. The number of amides is 1. The van der Waals surface area contributed by atoms with Gasteiger partial charge in [-0.05, 0) is 80.1 Å². The standard InChI is InChI=1S/C27H30F6N2O2/c1-37-24(27(31,32)33)25(12-14-34-15-13-25)21-6-4-20(5-7-21)23(36)35-16-10-19(11-17-35)18-2-8-22(9-3-18)26(28,29)30/h2-9,19,24,34H,10-17H2,1H3. The van der Waals surface area contributed by atoms with Gasteiger partial charge in [0.2, 0.25) is 0 Å². The van der Waals surface area contributed by atoms with Gasteiger partial charge in [0.05, 0.1) is 5.56 Å². The van der Waals surface area contributed by atoms with Crippen molar-refractivity contribution < 1.29 is 35.9 Å². The van der Waals surface area contributed by atoms with Crippen molar-refractivity contribution in [3.8, 4) is 0 Å². The maximum Gasteiger partial charge on any atom is 0.416 e. The van der Waals surface area contributed by atoms with Crippen LogP contribution >= 0.6 is 0 Å². The SMILES string of the molecule is COC(C(F)(F)F)C1(c2ccc(C(=O)N3CCC(c4ccc(C(F)(F)F)cc4)CC3)cc2)CCNCC1. The first-order chi connectivity index (χ1) is 17.5. The fourth-order valence-corrected chi connectivity index (χ4v) is 5.74. The lowest BCUT2D eigenvalue weighted by molar-refractivity contribution is -0.237. The minimum atomic E-state index is -4.53. The average Bonchev–Trinajstić information content (AvgIpc) is 2.88. The largest absolute Gasteiger partial charge is 0.416 e. The van der Waals surface area contributed by atoms with E-state index in [-0.39, 0.29) is 24.7 Å². The molecule has 4 rings (SSSR count). The minimum Gasteiger partial charge on any atom is -0.371 e. The molecule has 4 nitrogen and oxygen atoms in total. The van der Waals surface area contributed by atoms with Crippen molar-refractivity contribution >= 4 is 5.91 Å². The van der Waals surface area contributed by atoms with Crippen LogP contribution in [-0.4, -0.2) is 56.4 Å². The molecule has 1 unspecified atom stereocenters. The molecule has 2 aromatic carbocycles. The van der Waals surface area contributed by atoms with Crippen molar-refractivity contribution in [2.45, 2.75) is 55.5 Å². The number of hydrogen-bond acceptors (Lipinski definition) is 3. The molecule has 10 heteroatoms. The quantitative estimate of drug-likeness (QED) is 0.490. The normalized spacial score (nSPS) is 20.0. The van der Waals surface area contributed by atoms with Crippen LogP contribution in [0.15, 0.2) is 48.5 Å². The van der Waals surface area contributed by atoms with E-state index in [1.807, 2.05) is 0 Å². The number of alkyl halides is 6. The Labute approximate surface area is 212 Å². The maximum absolute atomic E-state index is 13.9. The molecule has 0 spiro atoms. The summed E-state index contributed by atoms with van der Waals surface area (Å²) in [4.78, 5) is 14.8. The fraction of sp³-hybridized carbons (Fsp3) is 0.519. The summed E-state index contributed by atoms with van der Waals surface area (Å²) in [6.45, 7) is 1.76. The third kappa shape index (κ3) is 5.80. The van der Waals surface area contributed by atoms with E-state index < -0.39 is 29.4 Å². The topological polar surface area (TPSA) is 41.6 Å². The number of nitrogens with zero attached hydrogens (tertiary/aromatic N) is 1. The lowest BCUT2D eigenvalue weighted by atomic mass is 9.68. The first kappa shape index (κ1) is 27.4. The molecule has 0 saturated carbocycles. The second-order valence-corrected chi connectivity index (χ2v) is 9.83. The molecular weight excluding hydrogens is 498 g/mol. The van der Waals surface area contributed by atoms with Crippen LogP contribution in [-0.2, 0) is 16.3 Å². The van der Waals surface area contributed by atoms with Crippen LogP contribution in [0.5, 0.6) is 0 Å². The third-order valence-electron chi connectivity index (χ3n) is 7.73. The molecule has 2 heterocycles. The number of carbonyl (C=O) groups excluding carboxylic acids is 1. The number of likely N-dealkylation sites (tertiary alicyclic amines) is 1. The molecule has 0 aliphatic carbocycles. The minimum absolute atomic E-state index is 0.0572. The Kier molecular flexibility index (Phi) is 7.90. The van der Waals surface area contributed by atoms with Crippen LogP contribution in [0.3, 0.4) is 0 Å². The highest BCUT2D eigenvalue weighted by Gasteiger charge is 2.55. The van der Waals surface area contributed by atoms with Crippen molar-refractivity contribution in [2.24, 2.45) is 0 Å². The molecular formula is C27H30F6N2O2. The molecule has 2 aromatic rings. The van der Waals surface area contributed by atoms with Gasteiger partial charge in [0.1, 0.15) is 0 Å². The molecule has 2 aliphatic rings. The summed E-state index contributed by atoms with van der Waals surface area (Å²) >= 11 is 0. The van der Waals surface area contributed by atoms with E-state index >= 15 is 0 Å². The zero-order chi connectivity index (χ0) is 26.8. The Morgan fingerprint density at radius 3 is 2.00 bits per heavy atom. The highest BCUT2D eigenvalue weighted by Crippen LogP contribution is 2.45. The van der Waals surface area contributed by atoms with Crippen LogP contribution in [0.2, 0.25) is 0 Å². The molecule has 1 amide bonds. The number of hydrogen-bond donors (Lipinski definition) is 1. The van der Waals surface area contributed by atoms with E-state index in [0.29, 0.717) is 50.1 Å². The van der Waals surface area contributed by atoms with Crippen molar-refractivity contribution in [3.63, 3.8) is 0 Å². The fourth-order valence-electron chi connectivity index (χ4n) is 5.74. The van der Waals surface area contributed by atoms with Crippen LogP contribution in [0.4, 0.5) is 26.3 Å². The zero-order valence-electron chi connectivity index (χ0n) is 20.5. The van der Waals surface area contributed by atoms with E-state index in [2.05, 4.69) is 5.32 Å². The monoisotopic (exact) mass is 528 g/mol. The molecule has 0 aromatic heterocycles. The molecule has 37 heavy (non-hydrogen) atoms. The number of methoxy groups -OCH3 is 1. The molecule has 1 atom stereocenters. The van der Waals surface area contributed by atoms with E-state index in [1.165, 1.54) is 12.1 Å². The number of carbonyl (C=O) groups is 1. The Morgan fingerprint density at radius 2 is 1.51 bits per heavy atom. The van der Waals surface area contributed by atoms with E-state index in [0.717, 1.165) is 24.8 Å². The van der Waals surface area contributed by atoms with Gasteiger partial charge in [-0.1, -0.05) is 24.3 Å². The van der Waals surface area contributed by atoms with Crippen molar-refractivity contribution in [3.05, 3.63) is 70.8 Å². The smallest absolute Gasteiger partial charge is 0.371 e. The summed E-state index contributed by atoms with van der Waals surface area (Å²) in [5, 5.41) is 3.10. The van der Waals surface area contributed by atoms with E-state index in [9.17, 15) is 31.1 Å². The summed E-state index contributed by atoms with van der Waals surface area (Å²) in [5.74, 6) is -0.155. The van der Waals surface area contributed by atoms with Gasteiger partial charge in [-0.2, -0.15) is 26.3 Å². The molecule has 1 N–H and O–H groups in total. The molecule has 202 valence electrons. The number of piperidine rings is 2. The van der Waals surface area contributed by atoms with Crippen molar-refractivity contribution in [2.75, 3.05) is 33.3 Å². The van der Waals surface area contributed by atoms with E-state index in [4.69, 9.17) is 4.74 Å². The summed E-state index contributed by atoms with van der Waals surface area (Å²) in [7, 11) is 1.08. The summed E-state index contributed by atoms with van der Waals surface area (Å²) in [6, 6.07) is 11.5. The first-order valence-electron chi connectivity index (χ1n) is 12.3. The van der Waals surface area contributed by atoms with Gasteiger partial charge in [-0.15, -0.1) is 0 Å². The van der Waals surface area contributed by atoms with Gasteiger partial charge in [0, 0.05) is 31.2 Å². The number of benzene rings is 2. The van der Waals surface area contributed by atoms with Gasteiger partial charge < -0.3 is 15.0 Å². The van der Waals surface area contributed by atoms with Crippen LogP contribution in [0, 0.1) is 0 Å². The van der Waals surface area contributed by atoms with Crippen molar-refractivity contribution in [1.29, 1.82) is 0 Å². The second-order valence-electron chi connectivity index (χ2n) is 9.83. The Hall–Kier alpha value is -2.59. The van der Waals surface area contributed by atoms with Crippen LogP contribution < -0.4 is 5.32 Å². The highest BCUT2D eigenvalue weighted by atomic mass is 19.4. The van der Waals surface area contributed by atoms with Crippen LogP contribution in [0.25, 0.3) is 0 Å². The molecule has 0 radical (unpaired) electrons. The summed E-state index contributed by atoms with van der Waals surface area (Å²) in [6.07, 6.45) is -9.11. The number of nitrogens with one attached hydrogen (secondary N) is 1. The second kappa shape index (κ2) is 10.6. The van der Waals surface area contributed by atoms with Gasteiger partial charge >= 0.3 is 12.4 Å². The van der Waals surface area contributed by atoms with Gasteiger partial charge in [-0.3, -0.25) is 4.79 Å². The van der Waals surface area contributed by atoms with Gasteiger partial charge in [-0.25, -0.2) is 0 Å². The molecule has 2 fully saturated rings. The van der Waals surface area contributed by atoms with E-state index in [1.54, 1.807) is 29.2 Å². The van der Waals surface area contributed by atoms with Gasteiger partial charge in [0.15, 0.2) is 6.10 Å². The third-order valence-corrected chi connectivity index (χ3v) is 7.73. The molecule has 2 aliphatic heterocycles. The summed E-state index contributed by atoms with van der Waals surface area (Å²) < 4.78 is 85.0. The average molecular weight is 529 g/mol. The lowest BCUT2D eigenvalue weighted by Gasteiger charge is -2.44. The Bertz CT molecular complexity index is 1050. The first-order valence-corrected chi connectivity index (χ1v) is 12.3. The predicted molar refractivity (Wildman–Crippen MR) is 126 cm³/mol. The Morgan fingerprint density at radius 1 is 0.946 bits per heavy atom. The molecule has 2 saturated heterocycles. The molecule has 0 bridgehead atoms. The summed E-state index contributed by atoms with van der Waals surface area (Å²) in [5.41, 5.74) is -0.225. The van der Waals surface area contributed by atoms with Gasteiger partial charge in [0.25, 0.3) is 5.91 Å². The lowest BCUT2D eigenvalue weighted by Crippen LogP contribution is -2.54. The van der Waals surface area contributed by atoms with Crippen LogP contribution in [0.1, 0.15) is 58.6 Å². The number of rotatable bonds is 5. The number of halogens is 6. The number of ether oxygens (including phenoxy) is 1.